The number of terminal acetylenes is 1. The van der Waals surface area contributed by atoms with E-state index in [0.717, 1.165) is 5.56 Å². The third-order valence-electron chi connectivity index (χ3n) is 6.95. The van der Waals surface area contributed by atoms with Crippen LogP contribution in [0.15, 0.2) is 60.7 Å². The van der Waals surface area contributed by atoms with Gasteiger partial charge in [-0.3, -0.25) is 9.59 Å². The van der Waals surface area contributed by atoms with Crippen LogP contribution >= 0.6 is 0 Å². The number of carbonyl (C=O) groups excluding carboxylic acids is 3. The van der Waals surface area contributed by atoms with Gasteiger partial charge < -0.3 is 30.3 Å². The zero-order valence-corrected chi connectivity index (χ0v) is 20.8. The SMILES string of the molecule is C#CCO[C@H](C)[C@H](N)C(=O)N1CC[C@@H]2[C@H]1[C@@H](C(=O)Nc1ccccc1)CN2C(=O)OCc1ccccc1. The van der Waals surface area contributed by atoms with Gasteiger partial charge in [0.05, 0.1) is 24.1 Å². The van der Waals surface area contributed by atoms with Crippen molar-refractivity contribution in [2.75, 3.05) is 25.0 Å². The Morgan fingerprint density at radius 2 is 1.78 bits per heavy atom. The Morgan fingerprint density at radius 1 is 1.11 bits per heavy atom. The van der Waals surface area contributed by atoms with Crippen LogP contribution in [0.4, 0.5) is 10.5 Å². The zero-order chi connectivity index (χ0) is 26.4. The van der Waals surface area contributed by atoms with Gasteiger partial charge in [0.15, 0.2) is 0 Å². The summed E-state index contributed by atoms with van der Waals surface area (Å²) in [6.07, 6.45) is 4.65. The lowest BCUT2D eigenvalue weighted by Gasteiger charge is -2.31. The maximum absolute atomic E-state index is 13.4. The normalized spacial score (nSPS) is 22.0. The van der Waals surface area contributed by atoms with Gasteiger partial charge in [-0.25, -0.2) is 4.79 Å². The van der Waals surface area contributed by atoms with Crippen LogP contribution < -0.4 is 11.1 Å². The first-order chi connectivity index (χ1) is 17.9. The number of fused-ring (bicyclic) bond motifs is 1. The molecule has 194 valence electrons. The molecule has 2 fully saturated rings. The second-order valence-corrected chi connectivity index (χ2v) is 9.28. The van der Waals surface area contributed by atoms with E-state index in [0.29, 0.717) is 18.7 Å². The number of nitrogens with two attached hydrogens (primary N) is 1. The minimum absolute atomic E-state index is 0.0390. The second-order valence-electron chi connectivity index (χ2n) is 9.28. The summed E-state index contributed by atoms with van der Waals surface area (Å²) in [6, 6.07) is 16.6. The standard InChI is InChI=1S/C28H32N4O5/c1-3-16-36-19(2)24(29)27(34)31-15-14-23-25(31)22(26(33)30-21-12-8-5-9-13-21)17-32(23)28(35)37-18-20-10-6-4-7-11-20/h1,4-13,19,22-25H,14-18,29H2,2H3,(H,30,33)/t19-,22+,23-,24+,25-/m1/s1. The molecule has 0 aliphatic carbocycles. The molecule has 2 aromatic carbocycles. The molecule has 0 unspecified atom stereocenters. The number of carbonyl (C=O) groups is 3. The van der Waals surface area contributed by atoms with Crippen LogP contribution in [-0.2, 0) is 25.7 Å². The molecule has 5 atom stereocenters. The van der Waals surface area contributed by atoms with Gasteiger partial charge in [0.2, 0.25) is 11.8 Å². The maximum atomic E-state index is 13.4. The van der Waals surface area contributed by atoms with Crippen molar-refractivity contribution in [3.63, 3.8) is 0 Å². The first-order valence-corrected chi connectivity index (χ1v) is 12.3. The number of hydrogen-bond donors (Lipinski definition) is 2. The monoisotopic (exact) mass is 504 g/mol. The lowest BCUT2D eigenvalue weighted by atomic mass is 9.97. The number of rotatable bonds is 8. The molecule has 37 heavy (non-hydrogen) atoms. The quantitative estimate of drug-likeness (QED) is 0.533. The molecular weight excluding hydrogens is 472 g/mol. The first-order valence-electron chi connectivity index (χ1n) is 12.3. The average molecular weight is 505 g/mol. The molecule has 0 aromatic heterocycles. The van der Waals surface area contributed by atoms with Gasteiger partial charge in [0, 0.05) is 18.8 Å². The third-order valence-corrected chi connectivity index (χ3v) is 6.95. The second kappa shape index (κ2) is 11.9. The molecule has 2 saturated heterocycles. The van der Waals surface area contributed by atoms with Crippen molar-refractivity contribution >= 4 is 23.6 Å². The Morgan fingerprint density at radius 3 is 2.46 bits per heavy atom. The summed E-state index contributed by atoms with van der Waals surface area (Å²) in [5.41, 5.74) is 7.72. The van der Waals surface area contributed by atoms with Crippen molar-refractivity contribution < 1.29 is 23.9 Å². The number of anilines is 1. The van der Waals surface area contributed by atoms with E-state index in [4.69, 9.17) is 21.6 Å². The lowest BCUT2D eigenvalue weighted by molar-refractivity contribution is -0.138. The molecule has 2 heterocycles. The highest BCUT2D eigenvalue weighted by Crippen LogP contribution is 2.37. The number of likely N-dealkylation sites (tertiary alicyclic amines) is 2. The molecule has 3 amide bonds. The molecule has 4 rings (SSSR count). The Kier molecular flexibility index (Phi) is 8.43. The van der Waals surface area contributed by atoms with Gasteiger partial charge in [-0.05, 0) is 31.0 Å². The predicted octanol–water partition coefficient (Wildman–Crippen LogP) is 2.23. The first kappa shape index (κ1) is 26.2. The van der Waals surface area contributed by atoms with Gasteiger partial charge in [0.25, 0.3) is 0 Å². The fraction of sp³-hybridized carbons (Fsp3) is 0.393. The van der Waals surface area contributed by atoms with Crippen LogP contribution in [0.5, 0.6) is 0 Å². The zero-order valence-electron chi connectivity index (χ0n) is 20.8. The van der Waals surface area contributed by atoms with E-state index in [1.165, 1.54) is 0 Å². The number of para-hydroxylation sites is 1. The van der Waals surface area contributed by atoms with Crippen LogP contribution in [0, 0.1) is 18.3 Å². The van der Waals surface area contributed by atoms with Crippen LogP contribution in [0.25, 0.3) is 0 Å². The fourth-order valence-corrected chi connectivity index (χ4v) is 5.02. The highest BCUT2D eigenvalue weighted by molar-refractivity contribution is 5.95. The van der Waals surface area contributed by atoms with E-state index in [2.05, 4.69) is 11.2 Å². The Balaban J connectivity index is 1.53. The number of hydrogen-bond acceptors (Lipinski definition) is 6. The van der Waals surface area contributed by atoms with Gasteiger partial charge in [-0.1, -0.05) is 54.5 Å². The van der Waals surface area contributed by atoms with Crippen LogP contribution in [0.1, 0.15) is 18.9 Å². The molecule has 2 aromatic rings. The number of benzene rings is 2. The molecule has 0 bridgehead atoms. The van der Waals surface area contributed by atoms with Gasteiger partial charge in [-0.15, -0.1) is 6.42 Å². The van der Waals surface area contributed by atoms with Crippen molar-refractivity contribution in [2.45, 2.75) is 44.2 Å². The largest absolute Gasteiger partial charge is 0.445 e. The fourth-order valence-electron chi connectivity index (χ4n) is 5.02. The number of amides is 3. The summed E-state index contributed by atoms with van der Waals surface area (Å²) in [5, 5.41) is 2.92. The van der Waals surface area contributed by atoms with Gasteiger partial charge >= 0.3 is 6.09 Å². The minimum Gasteiger partial charge on any atom is -0.445 e. The third kappa shape index (κ3) is 5.93. The minimum atomic E-state index is -0.955. The van der Waals surface area contributed by atoms with Crippen molar-refractivity contribution in [3.8, 4) is 12.3 Å². The van der Waals surface area contributed by atoms with E-state index in [-0.39, 0.29) is 37.6 Å². The lowest BCUT2D eigenvalue weighted by Crippen LogP contribution is -2.54. The Bertz CT molecular complexity index is 1140. The summed E-state index contributed by atoms with van der Waals surface area (Å²) in [4.78, 5) is 43.1. The summed E-state index contributed by atoms with van der Waals surface area (Å²) in [5.74, 6) is 1.10. The van der Waals surface area contributed by atoms with E-state index >= 15 is 0 Å². The molecular formula is C28H32N4O5. The van der Waals surface area contributed by atoms with Crippen molar-refractivity contribution in [1.29, 1.82) is 0 Å². The number of nitrogens with one attached hydrogen (secondary N) is 1. The van der Waals surface area contributed by atoms with Gasteiger partial charge in [0.1, 0.15) is 19.3 Å². The van der Waals surface area contributed by atoms with Crippen molar-refractivity contribution in [1.82, 2.24) is 9.80 Å². The van der Waals surface area contributed by atoms with E-state index < -0.39 is 30.2 Å². The molecule has 9 heteroatoms. The molecule has 0 saturated carbocycles. The Labute approximate surface area is 216 Å². The van der Waals surface area contributed by atoms with E-state index in [1.54, 1.807) is 28.9 Å². The molecule has 2 aliphatic rings. The summed E-state index contributed by atoms with van der Waals surface area (Å²) < 4.78 is 11.0. The maximum Gasteiger partial charge on any atom is 0.410 e. The van der Waals surface area contributed by atoms with Crippen LogP contribution in [0.3, 0.4) is 0 Å². The summed E-state index contributed by atoms with van der Waals surface area (Å²) >= 11 is 0. The highest BCUT2D eigenvalue weighted by atomic mass is 16.6. The smallest absolute Gasteiger partial charge is 0.410 e. The Hall–Kier alpha value is -3.87. The van der Waals surface area contributed by atoms with Crippen LogP contribution in [0.2, 0.25) is 0 Å². The number of ether oxygens (including phenoxy) is 2. The molecule has 0 radical (unpaired) electrons. The van der Waals surface area contributed by atoms with Gasteiger partial charge in [-0.2, -0.15) is 0 Å². The molecule has 0 spiro atoms. The highest BCUT2D eigenvalue weighted by Gasteiger charge is 2.55. The molecule has 3 N–H and O–H groups in total. The summed E-state index contributed by atoms with van der Waals surface area (Å²) in [7, 11) is 0. The van der Waals surface area contributed by atoms with E-state index in [1.807, 2.05) is 48.5 Å². The van der Waals surface area contributed by atoms with E-state index in [9.17, 15) is 14.4 Å². The average Bonchev–Trinajstić information content (AvgIpc) is 3.51. The van der Waals surface area contributed by atoms with Crippen molar-refractivity contribution in [2.24, 2.45) is 11.7 Å². The topological polar surface area (TPSA) is 114 Å². The summed E-state index contributed by atoms with van der Waals surface area (Å²) in [6.45, 7) is 2.34. The predicted molar refractivity (Wildman–Crippen MR) is 138 cm³/mol. The molecule has 9 nitrogen and oxygen atoms in total. The van der Waals surface area contributed by atoms with Crippen molar-refractivity contribution in [3.05, 3.63) is 66.2 Å². The number of nitrogens with zero attached hydrogens (tertiary/aromatic N) is 2. The van der Waals surface area contributed by atoms with Crippen LogP contribution in [-0.4, -0.2) is 71.6 Å². The molecule has 2 aliphatic heterocycles.